The number of aromatic carboxylic acids is 1. The van der Waals surface area contributed by atoms with E-state index in [4.69, 9.17) is 10.8 Å². The van der Waals surface area contributed by atoms with E-state index in [-0.39, 0.29) is 11.5 Å². The molecule has 18 heavy (non-hydrogen) atoms. The van der Waals surface area contributed by atoms with E-state index in [9.17, 15) is 9.18 Å². The van der Waals surface area contributed by atoms with Crippen LogP contribution in [0.25, 0.3) is 0 Å². The number of H-pyrrole nitrogens is 1. The van der Waals surface area contributed by atoms with Crippen LogP contribution in [-0.2, 0) is 5.75 Å². The predicted molar refractivity (Wildman–Crippen MR) is 63.7 cm³/mol. The molecule has 0 aliphatic rings. The molecule has 1 heterocycles. The van der Waals surface area contributed by atoms with E-state index in [2.05, 4.69) is 15.2 Å². The van der Waals surface area contributed by atoms with Gasteiger partial charge in [-0.25, -0.2) is 14.3 Å². The molecule has 0 unspecified atom stereocenters. The van der Waals surface area contributed by atoms with Crippen molar-refractivity contribution in [1.29, 1.82) is 0 Å². The molecule has 4 N–H and O–H groups in total. The van der Waals surface area contributed by atoms with E-state index in [1.165, 1.54) is 23.9 Å². The minimum absolute atomic E-state index is 0.213. The Morgan fingerprint density at radius 1 is 1.56 bits per heavy atom. The number of nitrogens with one attached hydrogen (secondary N) is 1. The van der Waals surface area contributed by atoms with Crippen LogP contribution in [0.2, 0.25) is 0 Å². The van der Waals surface area contributed by atoms with Crippen molar-refractivity contribution >= 4 is 23.7 Å². The monoisotopic (exact) mass is 268 g/mol. The summed E-state index contributed by atoms with van der Waals surface area (Å²) in [6.07, 6.45) is 0. The number of anilines is 1. The molecule has 0 aliphatic carbocycles. The SMILES string of the molecule is Nc1nc(SCc2ccc(C(=O)O)c(F)c2)n[nH]1. The molecule has 1 aromatic carbocycles. The lowest BCUT2D eigenvalue weighted by Crippen LogP contribution is -2.00. The van der Waals surface area contributed by atoms with Gasteiger partial charge in [0.05, 0.1) is 5.56 Å². The molecule has 0 fully saturated rings. The van der Waals surface area contributed by atoms with Gasteiger partial charge in [0.25, 0.3) is 0 Å². The lowest BCUT2D eigenvalue weighted by atomic mass is 10.1. The maximum absolute atomic E-state index is 13.4. The lowest BCUT2D eigenvalue weighted by Gasteiger charge is -2.01. The van der Waals surface area contributed by atoms with Crippen molar-refractivity contribution in [3.05, 3.63) is 35.1 Å². The Balaban J connectivity index is 2.06. The zero-order valence-corrected chi connectivity index (χ0v) is 9.87. The number of halogens is 1. The molecule has 0 spiro atoms. The number of aromatic nitrogens is 3. The summed E-state index contributed by atoms with van der Waals surface area (Å²) in [5.41, 5.74) is 5.66. The molecule has 0 aliphatic heterocycles. The topological polar surface area (TPSA) is 105 Å². The molecule has 1 aromatic heterocycles. The first-order valence-electron chi connectivity index (χ1n) is 4.88. The fraction of sp³-hybridized carbons (Fsp3) is 0.100. The summed E-state index contributed by atoms with van der Waals surface area (Å²) in [7, 11) is 0. The molecule has 0 radical (unpaired) electrons. The highest BCUT2D eigenvalue weighted by atomic mass is 32.2. The van der Waals surface area contributed by atoms with Crippen molar-refractivity contribution in [3.63, 3.8) is 0 Å². The van der Waals surface area contributed by atoms with Gasteiger partial charge in [-0.05, 0) is 17.7 Å². The number of thioether (sulfide) groups is 1. The third kappa shape index (κ3) is 2.77. The first-order valence-corrected chi connectivity index (χ1v) is 5.87. The maximum Gasteiger partial charge on any atom is 0.338 e. The van der Waals surface area contributed by atoms with Crippen molar-refractivity contribution in [3.8, 4) is 0 Å². The fourth-order valence-electron chi connectivity index (χ4n) is 1.29. The molecule has 8 heteroatoms. The zero-order valence-electron chi connectivity index (χ0n) is 9.05. The Morgan fingerprint density at radius 2 is 2.33 bits per heavy atom. The molecule has 0 atom stereocenters. The van der Waals surface area contributed by atoms with Gasteiger partial charge in [0.1, 0.15) is 5.82 Å². The Hall–Kier alpha value is -2.09. The van der Waals surface area contributed by atoms with Crippen molar-refractivity contribution in [2.24, 2.45) is 0 Å². The van der Waals surface area contributed by atoms with Crippen LogP contribution in [0.5, 0.6) is 0 Å². The minimum atomic E-state index is -1.28. The largest absolute Gasteiger partial charge is 0.478 e. The van der Waals surface area contributed by atoms with Crippen molar-refractivity contribution in [2.75, 3.05) is 5.73 Å². The number of hydrogen-bond acceptors (Lipinski definition) is 5. The Labute approximate surface area is 105 Å². The van der Waals surface area contributed by atoms with Gasteiger partial charge in [-0.15, -0.1) is 5.10 Å². The van der Waals surface area contributed by atoms with E-state index in [0.717, 1.165) is 0 Å². The second-order valence-electron chi connectivity index (χ2n) is 3.41. The van der Waals surface area contributed by atoms with Crippen LogP contribution in [0.15, 0.2) is 23.4 Å². The van der Waals surface area contributed by atoms with Crippen LogP contribution in [0.3, 0.4) is 0 Å². The number of carboxylic acid groups (broad SMARTS) is 1. The van der Waals surface area contributed by atoms with Gasteiger partial charge >= 0.3 is 5.97 Å². The molecular weight excluding hydrogens is 259 g/mol. The van der Waals surface area contributed by atoms with Gasteiger partial charge in [-0.1, -0.05) is 17.8 Å². The van der Waals surface area contributed by atoms with E-state index >= 15 is 0 Å². The lowest BCUT2D eigenvalue weighted by molar-refractivity contribution is 0.0692. The highest BCUT2D eigenvalue weighted by molar-refractivity contribution is 7.98. The van der Waals surface area contributed by atoms with E-state index in [0.29, 0.717) is 16.5 Å². The first kappa shape index (κ1) is 12.4. The molecule has 94 valence electrons. The van der Waals surface area contributed by atoms with E-state index < -0.39 is 11.8 Å². The third-order valence-corrected chi connectivity index (χ3v) is 3.03. The summed E-state index contributed by atoms with van der Waals surface area (Å²) in [4.78, 5) is 14.5. The zero-order chi connectivity index (χ0) is 13.1. The highest BCUT2D eigenvalue weighted by Crippen LogP contribution is 2.21. The second kappa shape index (κ2) is 5.05. The van der Waals surface area contributed by atoms with Crippen molar-refractivity contribution in [2.45, 2.75) is 10.9 Å². The molecule has 0 saturated heterocycles. The summed E-state index contributed by atoms with van der Waals surface area (Å²) >= 11 is 1.27. The number of nitrogens with two attached hydrogens (primary N) is 1. The fourth-order valence-corrected chi connectivity index (χ4v) is 2.04. The average Bonchev–Trinajstić information content (AvgIpc) is 2.72. The highest BCUT2D eigenvalue weighted by Gasteiger charge is 2.10. The van der Waals surface area contributed by atoms with Gasteiger partial charge in [-0.3, -0.25) is 0 Å². The van der Waals surface area contributed by atoms with Crippen LogP contribution in [0.1, 0.15) is 15.9 Å². The molecule has 0 bridgehead atoms. The average molecular weight is 268 g/mol. The van der Waals surface area contributed by atoms with Gasteiger partial charge in [0.2, 0.25) is 11.1 Å². The van der Waals surface area contributed by atoms with Crippen molar-refractivity contribution < 1.29 is 14.3 Å². The summed E-state index contributed by atoms with van der Waals surface area (Å²) in [6, 6.07) is 3.97. The molecule has 6 nitrogen and oxygen atoms in total. The predicted octanol–water partition coefficient (Wildman–Crippen LogP) is 1.52. The number of nitrogen functional groups attached to an aromatic ring is 1. The molecule has 0 saturated carbocycles. The van der Waals surface area contributed by atoms with Crippen molar-refractivity contribution in [1.82, 2.24) is 15.2 Å². The van der Waals surface area contributed by atoms with Crippen LogP contribution < -0.4 is 5.73 Å². The smallest absolute Gasteiger partial charge is 0.338 e. The van der Waals surface area contributed by atoms with Crippen LogP contribution in [0.4, 0.5) is 10.3 Å². The second-order valence-corrected chi connectivity index (χ2v) is 4.35. The molecular formula is C10H9FN4O2S. The number of aromatic amines is 1. The summed E-state index contributed by atoms with van der Waals surface area (Å²) in [5.74, 6) is -1.40. The summed E-state index contributed by atoms with van der Waals surface area (Å²) in [6.45, 7) is 0. The standard InChI is InChI=1S/C10H9FN4O2S/c11-7-3-5(1-2-6(7)8(16)17)4-18-10-13-9(12)14-15-10/h1-3H,4H2,(H,16,17)(H3,12,13,14,15). The summed E-state index contributed by atoms with van der Waals surface area (Å²) in [5, 5.41) is 15.4. The maximum atomic E-state index is 13.4. The van der Waals surface area contributed by atoms with Crippen LogP contribution >= 0.6 is 11.8 Å². The van der Waals surface area contributed by atoms with E-state index in [1.807, 2.05) is 0 Å². The number of nitrogens with zero attached hydrogens (tertiary/aromatic N) is 2. The number of rotatable bonds is 4. The van der Waals surface area contributed by atoms with Gasteiger partial charge in [0.15, 0.2) is 0 Å². The number of hydrogen-bond donors (Lipinski definition) is 3. The first-order chi connectivity index (χ1) is 8.56. The Bertz CT molecular complexity index is 587. The quantitative estimate of drug-likeness (QED) is 0.726. The van der Waals surface area contributed by atoms with Crippen LogP contribution in [0, 0.1) is 5.82 Å². The molecule has 2 aromatic rings. The number of carboxylic acids is 1. The van der Waals surface area contributed by atoms with Gasteiger partial charge in [-0.2, -0.15) is 4.98 Å². The normalized spacial score (nSPS) is 10.5. The molecule has 0 amide bonds. The third-order valence-electron chi connectivity index (χ3n) is 2.11. The van der Waals surface area contributed by atoms with Crippen LogP contribution in [-0.4, -0.2) is 26.3 Å². The van der Waals surface area contributed by atoms with E-state index in [1.54, 1.807) is 6.07 Å². The van der Waals surface area contributed by atoms with Gasteiger partial charge < -0.3 is 10.8 Å². The summed E-state index contributed by atoms with van der Waals surface area (Å²) < 4.78 is 13.4. The number of carbonyl (C=O) groups is 1. The van der Waals surface area contributed by atoms with Gasteiger partial charge in [0, 0.05) is 5.75 Å². The Kier molecular flexibility index (Phi) is 3.47. The minimum Gasteiger partial charge on any atom is -0.478 e. The molecule has 2 rings (SSSR count). The Morgan fingerprint density at radius 3 is 2.89 bits per heavy atom. The number of benzene rings is 1.